The molecule has 6 heteroatoms. The van der Waals surface area contributed by atoms with Crippen molar-refractivity contribution in [3.05, 3.63) is 63.9 Å². The van der Waals surface area contributed by atoms with Crippen LogP contribution in [0.4, 0.5) is 14.9 Å². The van der Waals surface area contributed by atoms with Crippen LogP contribution in [0, 0.1) is 5.82 Å². The van der Waals surface area contributed by atoms with Gasteiger partial charge >= 0.3 is 6.09 Å². The lowest BCUT2D eigenvalue weighted by atomic mass is 10.0. The lowest BCUT2D eigenvalue weighted by molar-refractivity contribution is -0.112. The number of fused-ring (bicyclic) bond motifs is 1. The van der Waals surface area contributed by atoms with Gasteiger partial charge in [-0.05, 0) is 45.0 Å². The SMILES string of the molecule is CC(C)(C)OC(=O)N1C(=O)/C(=C/c2c(F)cccc2Br)c2ccccc21. The average Bonchev–Trinajstić information content (AvgIpc) is 2.81. The van der Waals surface area contributed by atoms with E-state index in [1.54, 1.807) is 57.2 Å². The zero-order chi connectivity index (χ0) is 19.1. The van der Waals surface area contributed by atoms with E-state index < -0.39 is 23.4 Å². The summed E-state index contributed by atoms with van der Waals surface area (Å²) in [5.41, 5.74) is 0.714. The molecule has 0 radical (unpaired) electrons. The van der Waals surface area contributed by atoms with E-state index in [1.165, 1.54) is 12.1 Å². The molecule has 1 aliphatic heterocycles. The minimum atomic E-state index is -0.758. The van der Waals surface area contributed by atoms with Crippen LogP contribution in [0.25, 0.3) is 11.6 Å². The molecule has 0 aromatic heterocycles. The fourth-order valence-electron chi connectivity index (χ4n) is 2.66. The number of imide groups is 1. The Bertz CT molecular complexity index is 911. The Kier molecular flexibility index (Phi) is 4.71. The van der Waals surface area contributed by atoms with Gasteiger partial charge in [0.25, 0.3) is 5.91 Å². The summed E-state index contributed by atoms with van der Waals surface area (Å²) in [6.45, 7) is 5.18. The van der Waals surface area contributed by atoms with E-state index in [2.05, 4.69) is 15.9 Å². The maximum atomic E-state index is 14.2. The number of benzene rings is 2. The predicted octanol–water partition coefficient (Wildman–Crippen LogP) is 5.41. The molecule has 0 N–H and O–H groups in total. The number of halogens is 2. The quantitative estimate of drug-likeness (QED) is 0.582. The van der Waals surface area contributed by atoms with E-state index in [0.29, 0.717) is 15.7 Å². The molecule has 0 saturated carbocycles. The molecule has 0 unspecified atom stereocenters. The minimum absolute atomic E-state index is 0.234. The van der Waals surface area contributed by atoms with Crippen LogP contribution in [0.3, 0.4) is 0 Å². The van der Waals surface area contributed by atoms with E-state index in [1.807, 2.05) is 0 Å². The predicted molar refractivity (Wildman–Crippen MR) is 102 cm³/mol. The molecular formula is C20H17BrFNO3. The van der Waals surface area contributed by atoms with Crippen molar-refractivity contribution in [1.82, 2.24) is 0 Å². The van der Waals surface area contributed by atoms with Crippen molar-refractivity contribution in [3.63, 3.8) is 0 Å². The van der Waals surface area contributed by atoms with Crippen LogP contribution >= 0.6 is 15.9 Å². The molecule has 2 aromatic carbocycles. The second kappa shape index (κ2) is 6.68. The van der Waals surface area contributed by atoms with E-state index in [4.69, 9.17) is 4.74 Å². The number of amides is 2. The number of ether oxygens (including phenoxy) is 1. The number of carbonyl (C=O) groups is 2. The summed E-state index contributed by atoms with van der Waals surface area (Å²) in [6, 6.07) is 11.4. The molecule has 26 heavy (non-hydrogen) atoms. The molecule has 1 aliphatic rings. The van der Waals surface area contributed by atoms with Gasteiger partial charge in [-0.2, -0.15) is 0 Å². The molecule has 2 aromatic rings. The monoisotopic (exact) mass is 417 g/mol. The summed E-state index contributed by atoms with van der Waals surface area (Å²) in [5.74, 6) is -1.01. The molecule has 1 heterocycles. The highest BCUT2D eigenvalue weighted by Crippen LogP contribution is 2.39. The Hall–Kier alpha value is -2.47. The van der Waals surface area contributed by atoms with Crippen molar-refractivity contribution < 1.29 is 18.7 Å². The number of para-hydroxylation sites is 1. The Morgan fingerprint density at radius 1 is 1.15 bits per heavy atom. The molecule has 0 bridgehead atoms. The van der Waals surface area contributed by atoms with Crippen LogP contribution in [-0.2, 0) is 9.53 Å². The number of hydrogen-bond donors (Lipinski definition) is 0. The topological polar surface area (TPSA) is 46.6 Å². The highest BCUT2D eigenvalue weighted by Gasteiger charge is 2.39. The Labute approximate surface area is 159 Å². The first kappa shape index (κ1) is 18.3. The average molecular weight is 418 g/mol. The Balaban J connectivity index is 2.11. The van der Waals surface area contributed by atoms with Crippen molar-refractivity contribution in [1.29, 1.82) is 0 Å². The third kappa shape index (κ3) is 3.42. The van der Waals surface area contributed by atoms with Gasteiger partial charge in [-0.3, -0.25) is 4.79 Å². The molecule has 2 amide bonds. The number of rotatable bonds is 1. The molecular weight excluding hydrogens is 401 g/mol. The molecule has 3 rings (SSSR count). The second-order valence-corrected chi connectivity index (χ2v) is 7.69. The van der Waals surface area contributed by atoms with Crippen molar-refractivity contribution >= 4 is 45.3 Å². The van der Waals surface area contributed by atoms with Gasteiger partial charge in [0, 0.05) is 15.6 Å². The van der Waals surface area contributed by atoms with Gasteiger partial charge in [-0.25, -0.2) is 14.1 Å². The zero-order valence-corrected chi connectivity index (χ0v) is 16.1. The Morgan fingerprint density at radius 3 is 2.50 bits per heavy atom. The molecule has 0 fully saturated rings. The third-order valence-corrected chi connectivity index (χ3v) is 4.42. The number of hydrogen-bond acceptors (Lipinski definition) is 3. The first-order valence-electron chi connectivity index (χ1n) is 8.01. The van der Waals surface area contributed by atoms with E-state index in [9.17, 15) is 14.0 Å². The molecule has 0 atom stereocenters. The van der Waals surface area contributed by atoms with Gasteiger partial charge in [0.1, 0.15) is 11.4 Å². The van der Waals surface area contributed by atoms with Gasteiger partial charge < -0.3 is 4.74 Å². The van der Waals surface area contributed by atoms with Crippen LogP contribution in [0.15, 0.2) is 46.9 Å². The Morgan fingerprint density at radius 2 is 1.85 bits per heavy atom. The summed E-state index contributed by atoms with van der Waals surface area (Å²) >= 11 is 3.30. The summed E-state index contributed by atoms with van der Waals surface area (Å²) in [4.78, 5) is 26.5. The maximum absolute atomic E-state index is 14.2. The lowest BCUT2D eigenvalue weighted by Gasteiger charge is -2.23. The van der Waals surface area contributed by atoms with Gasteiger partial charge in [-0.1, -0.05) is 40.2 Å². The van der Waals surface area contributed by atoms with Crippen LogP contribution in [0.2, 0.25) is 0 Å². The van der Waals surface area contributed by atoms with Crippen LogP contribution < -0.4 is 4.90 Å². The largest absolute Gasteiger partial charge is 0.443 e. The zero-order valence-electron chi connectivity index (χ0n) is 14.5. The van der Waals surface area contributed by atoms with E-state index >= 15 is 0 Å². The third-order valence-electron chi connectivity index (χ3n) is 3.73. The molecule has 134 valence electrons. The fraction of sp³-hybridized carbons (Fsp3) is 0.200. The highest BCUT2D eigenvalue weighted by molar-refractivity contribution is 9.10. The first-order valence-corrected chi connectivity index (χ1v) is 8.81. The van der Waals surface area contributed by atoms with E-state index in [0.717, 1.165) is 4.90 Å². The van der Waals surface area contributed by atoms with Crippen LogP contribution in [0.1, 0.15) is 31.9 Å². The smallest absolute Gasteiger partial charge is 0.422 e. The van der Waals surface area contributed by atoms with Gasteiger partial charge in [0.2, 0.25) is 0 Å². The van der Waals surface area contributed by atoms with Crippen molar-refractivity contribution in [2.75, 3.05) is 4.90 Å². The van der Waals surface area contributed by atoms with E-state index in [-0.39, 0.29) is 11.1 Å². The summed E-state index contributed by atoms with van der Waals surface area (Å²) in [7, 11) is 0. The first-order chi connectivity index (χ1) is 12.2. The molecule has 0 saturated heterocycles. The summed E-state index contributed by atoms with van der Waals surface area (Å²) < 4.78 is 20.1. The number of carbonyl (C=O) groups excluding carboxylic acids is 2. The van der Waals surface area contributed by atoms with Crippen LogP contribution in [-0.4, -0.2) is 17.6 Å². The second-order valence-electron chi connectivity index (χ2n) is 6.83. The fourth-order valence-corrected chi connectivity index (χ4v) is 3.12. The molecule has 0 spiro atoms. The van der Waals surface area contributed by atoms with Crippen molar-refractivity contribution in [2.24, 2.45) is 0 Å². The van der Waals surface area contributed by atoms with Crippen molar-refractivity contribution in [2.45, 2.75) is 26.4 Å². The van der Waals surface area contributed by atoms with Gasteiger partial charge in [-0.15, -0.1) is 0 Å². The molecule has 0 aliphatic carbocycles. The normalized spacial score (nSPS) is 15.3. The van der Waals surface area contributed by atoms with Crippen LogP contribution in [0.5, 0.6) is 0 Å². The highest BCUT2D eigenvalue weighted by atomic mass is 79.9. The summed E-state index contributed by atoms with van der Waals surface area (Å²) in [6.07, 6.45) is 0.691. The van der Waals surface area contributed by atoms with Crippen molar-refractivity contribution in [3.8, 4) is 0 Å². The number of anilines is 1. The van der Waals surface area contributed by atoms with Gasteiger partial charge in [0.05, 0.1) is 11.3 Å². The maximum Gasteiger partial charge on any atom is 0.422 e. The summed E-state index contributed by atoms with van der Waals surface area (Å²) in [5, 5.41) is 0. The standard InChI is InChI=1S/C20H17BrFNO3/c1-20(2,3)26-19(25)23-17-10-5-4-7-12(17)13(18(23)24)11-14-15(21)8-6-9-16(14)22/h4-11H,1-3H3/b13-11+. The molecule has 4 nitrogen and oxygen atoms in total. The number of nitrogens with zero attached hydrogens (tertiary/aromatic N) is 1. The van der Waals surface area contributed by atoms with Gasteiger partial charge in [0.15, 0.2) is 0 Å². The lowest BCUT2D eigenvalue weighted by Crippen LogP contribution is -2.38. The minimum Gasteiger partial charge on any atom is -0.443 e.